The smallest absolute Gasteiger partial charge is 0.189 e. The Bertz CT molecular complexity index is 529. The zero-order valence-electron chi connectivity index (χ0n) is 13.6. The summed E-state index contributed by atoms with van der Waals surface area (Å²) in [7, 11) is 1.66. The van der Waals surface area contributed by atoms with Crippen molar-refractivity contribution in [3.05, 3.63) is 36.4 Å². The minimum absolute atomic E-state index is 0. The molecule has 1 aromatic rings. The maximum atomic E-state index is 6.14. The van der Waals surface area contributed by atoms with Gasteiger partial charge in [-0.25, -0.2) is 4.99 Å². The molecule has 0 saturated heterocycles. The highest BCUT2D eigenvalue weighted by Gasteiger charge is 2.18. The van der Waals surface area contributed by atoms with Crippen LogP contribution in [0.3, 0.4) is 0 Å². The molecule has 1 aromatic carbocycles. The summed E-state index contributed by atoms with van der Waals surface area (Å²) in [5.74, 6) is 2.03. The van der Waals surface area contributed by atoms with Crippen molar-refractivity contribution in [3.8, 4) is 11.5 Å². The lowest BCUT2D eigenvalue weighted by Gasteiger charge is -2.17. The number of hydrogen-bond acceptors (Lipinski definition) is 3. The van der Waals surface area contributed by atoms with Gasteiger partial charge in [0.1, 0.15) is 11.5 Å². The van der Waals surface area contributed by atoms with Crippen LogP contribution in [0.15, 0.2) is 35.8 Å². The number of ether oxygens (including phenoxy) is 2. The number of halogens is 1. The third-order valence-corrected chi connectivity index (χ3v) is 3.72. The summed E-state index contributed by atoms with van der Waals surface area (Å²) < 4.78 is 11.4. The first-order valence-electron chi connectivity index (χ1n) is 7.71. The molecule has 23 heavy (non-hydrogen) atoms. The number of guanidine groups is 1. The van der Waals surface area contributed by atoms with Gasteiger partial charge in [0.15, 0.2) is 5.96 Å². The quantitative estimate of drug-likeness (QED) is 0.301. The van der Waals surface area contributed by atoms with Crippen LogP contribution in [0.2, 0.25) is 0 Å². The van der Waals surface area contributed by atoms with Gasteiger partial charge in [-0.3, -0.25) is 0 Å². The van der Waals surface area contributed by atoms with Crippen molar-refractivity contribution in [1.82, 2.24) is 5.32 Å². The summed E-state index contributed by atoms with van der Waals surface area (Å²) in [6, 6.07) is 5.82. The molecule has 0 bridgehead atoms. The highest BCUT2D eigenvalue weighted by molar-refractivity contribution is 14.0. The van der Waals surface area contributed by atoms with E-state index in [1.807, 2.05) is 18.2 Å². The van der Waals surface area contributed by atoms with Crippen LogP contribution in [0.25, 0.3) is 0 Å². The Morgan fingerprint density at radius 2 is 2.17 bits per heavy atom. The second-order valence-corrected chi connectivity index (χ2v) is 5.37. The molecule has 5 nitrogen and oxygen atoms in total. The van der Waals surface area contributed by atoms with Crippen LogP contribution < -0.4 is 20.5 Å². The fraction of sp³-hybridized carbons (Fsp3) is 0.471. The lowest BCUT2D eigenvalue weighted by Crippen LogP contribution is -2.31. The molecule has 2 rings (SSSR count). The van der Waals surface area contributed by atoms with Gasteiger partial charge in [-0.05, 0) is 37.8 Å². The van der Waals surface area contributed by atoms with Crippen molar-refractivity contribution in [3.63, 3.8) is 0 Å². The number of nitrogens with one attached hydrogen (secondary N) is 1. The van der Waals surface area contributed by atoms with E-state index in [4.69, 9.17) is 15.2 Å². The lowest BCUT2D eigenvalue weighted by atomic mass is 10.2. The average molecular weight is 431 g/mol. The number of aliphatic imine (C=N–C) groups is 1. The zero-order valence-corrected chi connectivity index (χ0v) is 15.9. The SMILES string of the molecule is C=CCNC(N)=NCc1ccc(OC)cc1OC1CCCC1.I. The Kier molecular flexibility index (Phi) is 8.83. The van der Waals surface area contributed by atoms with E-state index in [1.165, 1.54) is 12.8 Å². The van der Waals surface area contributed by atoms with Crippen LogP contribution in [-0.4, -0.2) is 25.7 Å². The Hall–Kier alpha value is -1.44. The molecule has 1 fully saturated rings. The standard InChI is InChI=1S/C17H25N3O2.HI/c1-3-10-19-17(18)20-12-13-8-9-15(21-2)11-16(13)22-14-6-4-5-7-14;/h3,8-9,11,14H,1,4-7,10,12H2,2H3,(H3,18,19,20);1H. The third-order valence-electron chi connectivity index (χ3n) is 3.72. The first-order valence-corrected chi connectivity index (χ1v) is 7.71. The molecule has 0 unspecified atom stereocenters. The molecule has 128 valence electrons. The molecule has 0 atom stereocenters. The Morgan fingerprint density at radius 3 is 2.83 bits per heavy atom. The summed E-state index contributed by atoms with van der Waals surface area (Å²) in [6.45, 7) is 4.71. The highest BCUT2D eigenvalue weighted by atomic mass is 127. The number of nitrogens with zero attached hydrogens (tertiary/aromatic N) is 1. The Labute approximate surface area is 155 Å². The van der Waals surface area contributed by atoms with Gasteiger partial charge >= 0.3 is 0 Å². The minimum atomic E-state index is 0. The van der Waals surface area contributed by atoms with E-state index in [2.05, 4.69) is 16.9 Å². The van der Waals surface area contributed by atoms with Crippen molar-refractivity contribution in [2.24, 2.45) is 10.7 Å². The van der Waals surface area contributed by atoms with Gasteiger partial charge in [0.05, 0.1) is 19.8 Å². The number of hydrogen-bond donors (Lipinski definition) is 2. The number of rotatable bonds is 7. The zero-order chi connectivity index (χ0) is 15.8. The molecule has 1 aliphatic rings. The van der Waals surface area contributed by atoms with Gasteiger partial charge in [-0.1, -0.05) is 6.08 Å². The van der Waals surface area contributed by atoms with Crippen LogP contribution >= 0.6 is 24.0 Å². The minimum Gasteiger partial charge on any atom is -0.497 e. The number of benzene rings is 1. The van der Waals surface area contributed by atoms with E-state index in [1.54, 1.807) is 13.2 Å². The molecule has 0 heterocycles. The van der Waals surface area contributed by atoms with Crippen LogP contribution in [0.4, 0.5) is 0 Å². The first-order chi connectivity index (χ1) is 10.7. The fourth-order valence-corrected chi connectivity index (χ4v) is 2.49. The normalized spacial score (nSPS) is 14.9. The Morgan fingerprint density at radius 1 is 1.43 bits per heavy atom. The molecule has 3 N–H and O–H groups in total. The van der Waals surface area contributed by atoms with Crippen LogP contribution in [-0.2, 0) is 6.54 Å². The van der Waals surface area contributed by atoms with Gasteiger partial charge in [0, 0.05) is 18.2 Å². The average Bonchev–Trinajstić information content (AvgIpc) is 3.04. The molecule has 1 aliphatic carbocycles. The van der Waals surface area contributed by atoms with Crippen molar-refractivity contribution >= 4 is 29.9 Å². The van der Waals surface area contributed by atoms with E-state index in [9.17, 15) is 0 Å². The molecule has 1 saturated carbocycles. The predicted molar refractivity (Wildman–Crippen MR) is 105 cm³/mol. The van der Waals surface area contributed by atoms with Gasteiger partial charge < -0.3 is 20.5 Å². The van der Waals surface area contributed by atoms with E-state index in [0.29, 0.717) is 25.2 Å². The highest BCUT2D eigenvalue weighted by Crippen LogP contribution is 2.30. The molecule has 0 aromatic heterocycles. The second kappa shape index (κ2) is 10.4. The van der Waals surface area contributed by atoms with Gasteiger partial charge in [-0.15, -0.1) is 30.6 Å². The van der Waals surface area contributed by atoms with Crippen molar-refractivity contribution in [1.29, 1.82) is 0 Å². The Balaban J connectivity index is 0.00000264. The van der Waals surface area contributed by atoms with Crippen molar-refractivity contribution < 1.29 is 9.47 Å². The molecule has 0 radical (unpaired) electrons. The van der Waals surface area contributed by atoms with E-state index < -0.39 is 0 Å². The molecule has 0 amide bonds. The fourth-order valence-electron chi connectivity index (χ4n) is 2.49. The van der Waals surface area contributed by atoms with Gasteiger partial charge in [0.25, 0.3) is 0 Å². The second-order valence-electron chi connectivity index (χ2n) is 5.37. The van der Waals surface area contributed by atoms with Crippen LogP contribution in [0.1, 0.15) is 31.2 Å². The number of methoxy groups -OCH3 is 1. The lowest BCUT2D eigenvalue weighted by molar-refractivity contribution is 0.207. The topological polar surface area (TPSA) is 68.9 Å². The van der Waals surface area contributed by atoms with E-state index in [0.717, 1.165) is 29.9 Å². The molecule has 0 aliphatic heterocycles. The van der Waals surface area contributed by atoms with Crippen molar-refractivity contribution in [2.45, 2.75) is 38.3 Å². The molecule has 0 spiro atoms. The third kappa shape index (κ3) is 6.29. The van der Waals surface area contributed by atoms with Gasteiger partial charge in [0.2, 0.25) is 0 Å². The number of nitrogens with two attached hydrogens (primary N) is 1. The summed E-state index contributed by atoms with van der Waals surface area (Å²) in [4.78, 5) is 4.34. The molecular formula is C17H26IN3O2. The van der Waals surface area contributed by atoms with Gasteiger partial charge in [-0.2, -0.15) is 0 Å². The summed E-state index contributed by atoms with van der Waals surface area (Å²) >= 11 is 0. The monoisotopic (exact) mass is 431 g/mol. The van der Waals surface area contributed by atoms with Crippen LogP contribution in [0, 0.1) is 0 Å². The molecular weight excluding hydrogens is 405 g/mol. The first kappa shape index (κ1) is 19.6. The van der Waals surface area contributed by atoms with E-state index >= 15 is 0 Å². The van der Waals surface area contributed by atoms with E-state index in [-0.39, 0.29) is 24.0 Å². The maximum absolute atomic E-state index is 6.14. The summed E-state index contributed by atoms with van der Waals surface area (Å²) in [5.41, 5.74) is 6.81. The summed E-state index contributed by atoms with van der Waals surface area (Å²) in [5, 5.41) is 2.96. The van der Waals surface area contributed by atoms with Crippen LogP contribution in [0.5, 0.6) is 11.5 Å². The largest absolute Gasteiger partial charge is 0.497 e. The summed E-state index contributed by atoms with van der Waals surface area (Å²) in [6.07, 6.45) is 6.74. The predicted octanol–water partition coefficient (Wildman–Crippen LogP) is 3.22. The maximum Gasteiger partial charge on any atom is 0.189 e. The molecule has 6 heteroatoms. The van der Waals surface area contributed by atoms with Crippen molar-refractivity contribution in [2.75, 3.05) is 13.7 Å².